The Kier molecular flexibility index (Phi) is 6.67. The Morgan fingerprint density at radius 3 is 2.53 bits per heavy atom. The number of rotatable bonds is 8. The molecule has 0 aliphatic carbocycles. The van der Waals surface area contributed by atoms with Gasteiger partial charge in [-0.2, -0.15) is 4.52 Å². The van der Waals surface area contributed by atoms with Crippen LogP contribution in [0, 0.1) is 5.82 Å². The molecule has 2 heterocycles. The topological polar surface area (TPSA) is 90.6 Å². The van der Waals surface area contributed by atoms with Crippen LogP contribution < -0.4 is 14.8 Å². The molecule has 0 unspecified atom stereocenters. The zero-order valence-corrected chi connectivity index (χ0v) is 18.0. The summed E-state index contributed by atoms with van der Waals surface area (Å²) in [5.74, 6) is -0.0250. The predicted octanol–water partition coefficient (Wildman–Crippen LogP) is 3.81. The average molecular weight is 476 g/mol. The molecule has 0 saturated heterocycles. The number of carbonyl (C=O) groups is 1. The van der Waals surface area contributed by atoms with Crippen LogP contribution in [-0.2, 0) is 4.79 Å². The molecule has 0 fully saturated rings. The lowest BCUT2D eigenvalue weighted by molar-refractivity contribution is -0.123. The zero-order valence-electron chi connectivity index (χ0n) is 16.5. The molecule has 0 aliphatic heterocycles. The molecule has 4 aromatic rings. The summed E-state index contributed by atoms with van der Waals surface area (Å²) < 4.78 is 25.7. The van der Waals surface area contributed by atoms with E-state index in [1.807, 2.05) is 30.3 Å². The Labute approximate surface area is 191 Å². The van der Waals surface area contributed by atoms with E-state index in [2.05, 4.69) is 20.6 Å². The molecule has 0 saturated carbocycles. The van der Waals surface area contributed by atoms with Crippen LogP contribution in [0.3, 0.4) is 0 Å². The molecule has 2 aromatic heterocycles. The molecule has 2 aromatic carbocycles. The highest BCUT2D eigenvalue weighted by molar-refractivity contribution is 6.37. The maximum Gasteiger partial charge on any atom is 0.258 e. The standard InChI is InChI=1S/C21H16Cl2FN5O3/c22-15-10-14(24)11-16(23)20(15)32-12-18(30)25-8-9-31-19-7-6-17-26-27-21(29(17)28-19)13-4-2-1-3-5-13/h1-7,10-11H,8-9,12H2,(H,25,30). The smallest absolute Gasteiger partial charge is 0.258 e. The largest absolute Gasteiger partial charge is 0.481 e. The second-order valence-corrected chi connectivity index (χ2v) is 7.33. The van der Waals surface area contributed by atoms with Crippen LogP contribution in [0.4, 0.5) is 4.39 Å². The molecule has 0 radical (unpaired) electrons. The van der Waals surface area contributed by atoms with Crippen molar-refractivity contribution in [3.05, 3.63) is 70.5 Å². The molecule has 32 heavy (non-hydrogen) atoms. The Balaban J connectivity index is 1.29. The van der Waals surface area contributed by atoms with Crippen molar-refractivity contribution in [2.75, 3.05) is 19.8 Å². The van der Waals surface area contributed by atoms with Crippen molar-refractivity contribution in [2.24, 2.45) is 0 Å². The molecule has 1 amide bonds. The van der Waals surface area contributed by atoms with E-state index in [-0.39, 0.29) is 35.6 Å². The summed E-state index contributed by atoms with van der Waals surface area (Å²) in [6, 6.07) is 15.1. The normalized spacial score (nSPS) is 10.8. The molecule has 0 aliphatic rings. The molecular weight excluding hydrogens is 460 g/mol. The first-order valence-corrected chi connectivity index (χ1v) is 10.2. The Morgan fingerprint density at radius 1 is 1.03 bits per heavy atom. The minimum atomic E-state index is -0.594. The molecular formula is C21H16Cl2FN5O3. The number of fused-ring (bicyclic) bond motifs is 1. The van der Waals surface area contributed by atoms with E-state index >= 15 is 0 Å². The van der Waals surface area contributed by atoms with Crippen LogP contribution >= 0.6 is 23.2 Å². The second-order valence-electron chi connectivity index (χ2n) is 6.52. The van der Waals surface area contributed by atoms with E-state index in [0.29, 0.717) is 17.4 Å². The molecule has 0 bridgehead atoms. The summed E-state index contributed by atoms with van der Waals surface area (Å²) in [4.78, 5) is 12.0. The van der Waals surface area contributed by atoms with Gasteiger partial charge in [0.15, 0.2) is 23.8 Å². The molecule has 11 heteroatoms. The molecule has 0 spiro atoms. The molecule has 8 nitrogen and oxygen atoms in total. The van der Waals surface area contributed by atoms with Gasteiger partial charge in [-0.3, -0.25) is 4.79 Å². The van der Waals surface area contributed by atoms with Crippen LogP contribution in [0.5, 0.6) is 11.6 Å². The predicted molar refractivity (Wildman–Crippen MR) is 117 cm³/mol. The summed E-state index contributed by atoms with van der Waals surface area (Å²) in [6.07, 6.45) is 0. The number of ether oxygens (including phenoxy) is 2. The number of carbonyl (C=O) groups excluding carboxylic acids is 1. The summed E-state index contributed by atoms with van der Waals surface area (Å²) in [7, 11) is 0. The van der Waals surface area contributed by atoms with E-state index in [1.165, 1.54) is 0 Å². The lowest BCUT2D eigenvalue weighted by atomic mass is 10.2. The number of nitrogens with one attached hydrogen (secondary N) is 1. The number of hydrogen-bond donors (Lipinski definition) is 1. The minimum Gasteiger partial charge on any atom is -0.481 e. The number of halogens is 3. The monoisotopic (exact) mass is 475 g/mol. The summed E-state index contributed by atoms with van der Waals surface area (Å²) in [6.45, 7) is 0.0437. The van der Waals surface area contributed by atoms with Gasteiger partial charge in [-0.05, 0) is 18.2 Å². The first kappa shape index (κ1) is 21.8. The highest BCUT2D eigenvalue weighted by Gasteiger charge is 2.13. The minimum absolute atomic E-state index is 0.0172. The third kappa shape index (κ3) is 5.06. The van der Waals surface area contributed by atoms with Gasteiger partial charge < -0.3 is 14.8 Å². The van der Waals surface area contributed by atoms with Gasteiger partial charge in [0.2, 0.25) is 5.88 Å². The highest BCUT2D eigenvalue weighted by atomic mass is 35.5. The van der Waals surface area contributed by atoms with E-state index in [4.69, 9.17) is 32.7 Å². The summed E-state index contributed by atoms with van der Waals surface area (Å²) >= 11 is 11.8. The van der Waals surface area contributed by atoms with Crippen molar-refractivity contribution in [1.82, 2.24) is 25.1 Å². The molecule has 1 N–H and O–H groups in total. The number of benzene rings is 2. The van der Waals surface area contributed by atoms with Gasteiger partial charge in [-0.25, -0.2) is 4.39 Å². The number of hydrogen-bond acceptors (Lipinski definition) is 6. The van der Waals surface area contributed by atoms with E-state index in [1.54, 1.807) is 16.6 Å². The first-order valence-electron chi connectivity index (χ1n) is 9.46. The lowest BCUT2D eigenvalue weighted by Crippen LogP contribution is -2.32. The average Bonchev–Trinajstić information content (AvgIpc) is 3.20. The third-order valence-corrected chi connectivity index (χ3v) is 4.82. The highest BCUT2D eigenvalue weighted by Crippen LogP contribution is 2.33. The van der Waals surface area contributed by atoms with Crippen molar-refractivity contribution >= 4 is 34.8 Å². The number of nitrogens with zero attached hydrogens (tertiary/aromatic N) is 4. The SMILES string of the molecule is O=C(COc1c(Cl)cc(F)cc1Cl)NCCOc1ccc2nnc(-c3ccccc3)n2n1. The maximum atomic E-state index is 13.2. The van der Waals surface area contributed by atoms with Crippen LogP contribution in [-0.4, -0.2) is 45.5 Å². The van der Waals surface area contributed by atoms with Crippen LogP contribution in [0.2, 0.25) is 10.0 Å². The lowest BCUT2D eigenvalue weighted by Gasteiger charge is -2.11. The maximum absolute atomic E-state index is 13.2. The van der Waals surface area contributed by atoms with Crippen molar-refractivity contribution in [3.63, 3.8) is 0 Å². The van der Waals surface area contributed by atoms with Gasteiger partial charge in [0.1, 0.15) is 12.4 Å². The van der Waals surface area contributed by atoms with Gasteiger partial charge in [-0.15, -0.1) is 15.3 Å². The third-order valence-electron chi connectivity index (χ3n) is 4.26. The fraction of sp³-hybridized carbons (Fsp3) is 0.143. The van der Waals surface area contributed by atoms with Crippen LogP contribution in [0.15, 0.2) is 54.6 Å². The Bertz CT molecular complexity index is 1230. The van der Waals surface area contributed by atoms with Gasteiger partial charge in [0.05, 0.1) is 16.6 Å². The van der Waals surface area contributed by atoms with Crippen LogP contribution in [0.25, 0.3) is 17.0 Å². The van der Waals surface area contributed by atoms with E-state index in [0.717, 1.165) is 17.7 Å². The summed E-state index contributed by atoms with van der Waals surface area (Å²) in [5.41, 5.74) is 1.46. The second kappa shape index (κ2) is 9.80. The number of amides is 1. The first-order chi connectivity index (χ1) is 15.5. The molecule has 0 atom stereocenters. The quantitative estimate of drug-likeness (QED) is 0.389. The fourth-order valence-electron chi connectivity index (χ4n) is 2.82. The summed E-state index contributed by atoms with van der Waals surface area (Å²) in [5, 5.41) is 15.3. The van der Waals surface area contributed by atoms with E-state index < -0.39 is 11.7 Å². The Morgan fingerprint density at radius 2 is 1.78 bits per heavy atom. The Hall–Kier alpha value is -3.43. The van der Waals surface area contributed by atoms with E-state index in [9.17, 15) is 9.18 Å². The van der Waals surface area contributed by atoms with Gasteiger partial charge in [-0.1, -0.05) is 53.5 Å². The van der Waals surface area contributed by atoms with Crippen LogP contribution in [0.1, 0.15) is 0 Å². The van der Waals surface area contributed by atoms with Crippen molar-refractivity contribution in [1.29, 1.82) is 0 Å². The zero-order chi connectivity index (χ0) is 22.5. The van der Waals surface area contributed by atoms with Crippen molar-refractivity contribution in [2.45, 2.75) is 0 Å². The van der Waals surface area contributed by atoms with Gasteiger partial charge >= 0.3 is 0 Å². The molecule has 164 valence electrons. The van der Waals surface area contributed by atoms with Crippen molar-refractivity contribution in [3.8, 4) is 23.0 Å². The number of aromatic nitrogens is 4. The van der Waals surface area contributed by atoms with Gasteiger partial charge in [0.25, 0.3) is 5.91 Å². The van der Waals surface area contributed by atoms with Crippen molar-refractivity contribution < 1.29 is 18.7 Å². The fourth-order valence-corrected chi connectivity index (χ4v) is 3.39. The molecule has 4 rings (SSSR count). The van der Waals surface area contributed by atoms with Gasteiger partial charge in [0, 0.05) is 11.6 Å².